The van der Waals surface area contributed by atoms with Gasteiger partial charge >= 0.3 is 0 Å². The monoisotopic (exact) mass is 256 g/mol. The van der Waals surface area contributed by atoms with Gasteiger partial charge in [-0.25, -0.2) is 4.98 Å². The Labute approximate surface area is 111 Å². The maximum Gasteiger partial charge on any atom is 0.229 e. The second-order valence-corrected chi connectivity index (χ2v) is 4.75. The SMILES string of the molecule is O=C(Cc1cnc[nH]1)N1CCC[C@@H]1c1ccccn1. The molecule has 0 saturated carbocycles. The molecule has 3 rings (SSSR count). The first-order valence-electron chi connectivity index (χ1n) is 6.52. The van der Waals surface area contributed by atoms with Crippen LogP contribution in [0, 0.1) is 0 Å². The number of hydrogen-bond acceptors (Lipinski definition) is 3. The average molecular weight is 256 g/mol. The molecule has 1 saturated heterocycles. The van der Waals surface area contributed by atoms with Gasteiger partial charge in [0.05, 0.1) is 24.5 Å². The Morgan fingerprint density at radius 2 is 2.42 bits per heavy atom. The van der Waals surface area contributed by atoms with Gasteiger partial charge in [-0.05, 0) is 25.0 Å². The number of rotatable bonds is 3. The highest BCUT2D eigenvalue weighted by atomic mass is 16.2. The summed E-state index contributed by atoms with van der Waals surface area (Å²) in [5.74, 6) is 0.136. The fraction of sp³-hybridized carbons (Fsp3) is 0.357. The van der Waals surface area contributed by atoms with Crippen LogP contribution in [0.15, 0.2) is 36.9 Å². The van der Waals surface area contributed by atoms with E-state index in [1.807, 2.05) is 23.1 Å². The Balaban J connectivity index is 1.74. The molecule has 0 unspecified atom stereocenters. The lowest BCUT2D eigenvalue weighted by Crippen LogP contribution is -2.32. The quantitative estimate of drug-likeness (QED) is 0.909. The number of H-pyrrole nitrogens is 1. The molecule has 1 aliphatic heterocycles. The molecule has 1 amide bonds. The van der Waals surface area contributed by atoms with Gasteiger partial charge < -0.3 is 9.88 Å². The summed E-state index contributed by atoms with van der Waals surface area (Å²) < 4.78 is 0. The lowest BCUT2D eigenvalue weighted by atomic mass is 10.1. The molecular formula is C14H16N4O. The van der Waals surface area contributed by atoms with Crippen molar-refractivity contribution in [3.63, 3.8) is 0 Å². The molecule has 1 aliphatic rings. The van der Waals surface area contributed by atoms with Crippen LogP contribution in [0.5, 0.6) is 0 Å². The van der Waals surface area contributed by atoms with E-state index in [9.17, 15) is 4.79 Å². The number of carbonyl (C=O) groups is 1. The van der Waals surface area contributed by atoms with Gasteiger partial charge in [-0.15, -0.1) is 0 Å². The Morgan fingerprint density at radius 1 is 1.47 bits per heavy atom. The summed E-state index contributed by atoms with van der Waals surface area (Å²) in [6, 6.07) is 5.98. The average Bonchev–Trinajstić information content (AvgIpc) is 3.10. The van der Waals surface area contributed by atoms with E-state index in [0.717, 1.165) is 30.8 Å². The summed E-state index contributed by atoms with van der Waals surface area (Å²) in [6.45, 7) is 0.814. The van der Waals surface area contributed by atoms with E-state index >= 15 is 0 Å². The molecule has 3 heterocycles. The smallest absolute Gasteiger partial charge is 0.229 e. The topological polar surface area (TPSA) is 61.9 Å². The standard InChI is InChI=1S/C14H16N4O/c19-14(8-11-9-15-10-17-11)18-7-3-5-13(18)12-4-1-2-6-16-12/h1-2,4,6,9-10,13H,3,5,7-8H2,(H,15,17)/t13-/m1/s1. The van der Waals surface area contributed by atoms with E-state index in [2.05, 4.69) is 15.0 Å². The molecular weight excluding hydrogens is 240 g/mol. The van der Waals surface area contributed by atoms with E-state index in [-0.39, 0.29) is 11.9 Å². The zero-order valence-corrected chi connectivity index (χ0v) is 10.6. The minimum absolute atomic E-state index is 0.122. The van der Waals surface area contributed by atoms with Gasteiger partial charge in [-0.1, -0.05) is 6.07 Å². The number of aromatic amines is 1. The van der Waals surface area contributed by atoms with Crippen molar-refractivity contribution in [2.75, 3.05) is 6.54 Å². The van der Waals surface area contributed by atoms with Crippen molar-refractivity contribution in [2.45, 2.75) is 25.3 Å². The first kappa shape index (κ1) is 11.9. The number of aromatic nitrogens is 3. The van der Waals surface area contributed by atoms with Crippen LogP contribution in [0.2, 0.25) is 0 Å². The summed E-state index contributed by atoms with van der Waals surface area (Å²) in [6.07, 6.45) is 7.49. The second kappa shape index (κ2) is 5.22. The van der Waals surface area contributed by atoms with E-state index in [0.29, 0.717) is 6.42 Å². The number of pyridine rings is 1. The van der Waals surface area contributed by atoms with Gasteiger partial charge in [0, 0.05) is 24.6 Å². The summed E-state index contributed by atoms with van der Waals surface area (Å²) in [7, 11) is 0. The molecule has 2 aromatic heterocycles. The zero-order valence-electron chi connectivity index (χ0n) is 10.6. The number of nitrogens with one attached hydrogen (secondary N) is 1. The molecule has 0 bridgehead atoms. The van der Waals surface area contributed by atoms with Crippen molar-refractivity contribution in [1.29, 1.82) is 0 Å². The fourth-order valence-electron chi connectivity index (χ4n) is 2.59. The highest BCUT2D eigenvalue weighted by Gasteiger charge is 2.30. The van der Waals surface area contributed by atoms with Crippen molar-refractivity contribution in [3.05, 3.63) is 48.3 Å². The molecule has 98 valence electrons. The van der Waals surface area contributed by atoms with Crippen LogP contribution in [-0.4, -0.2) is 32.3 Å². The van der Waals surface area contributed by atoms with Crippen LogP contribution in [0.3, 0.4) is 0 Å². The van der Waals surface area contributed by atoms with Crippen molar-refractivity contribution in [1.82, 2.24) is 19.9 Å². The molecule has 0 radical (unpaired) electrons. The Morgan fingerprint density at radius 3 is 3.16 bits per heavy atom. The number of likely N-dealkylation sites (tertiary alicyclic amines) is 1. The molecule has 1 fully saturated rings. The van der Waals surface area contributed by atoms with Crippen LogP contribution in [-0.2, 0) is 11.2 Å². The Kier molecular flexibility index (Phi) is 3.27. The summed E-state index contributed by atoms with van der Waals surface area (Å²) in [5.41, 5.74) is 1.84. The van der Waals surface area contributed by atoms with Crippen molar-refractivity contribution in [3.8, 4) is 0 Å². The molecule has 19 heavy (non-hydrogen) atoms. The maximum absolute atomic E-state index is 12.3. The van der Waals surface area contributed by atoms with Crippen LogP contribution in [0.1, 0.15) is 30.3 Å². The number of hydrogen-bond donors (Lipinski definition) is 1. The van der Waals surface area contributed by atoms with Crippen molar-refractivity contribution >= 4 is 5.91 Å². The molecule has 1 atom stereocenters. The zero-order chi connectivity index (χ0) is 13.1. The van der Waals surface area contributed by atoms with E-state index < -0.39 is 0 Å². The summed E-state index contributed by atoms with van der Waals surface area (Å²) in [5, 5.41) is 0. The number of imidazole rings is 1. The van der Waals surface area contributed by atoms with E-state index in [1.54, 1.807) is 18.7 Å². The third kappa shape index (κ3) is 2.50. The lowest BCUT2D eigenvalue weighted by molar-refractivity contribution is -0.131. The third-order valence-electron chi connectivity index (χ3n) is 3.50. The molecule has 0 spiro atoms. The molecule has 5 nitrogen and oxygen atoms in total. The largest absolute Gasteiger partial charge is 0.348 e. The molecule has 5 heteroatoms. The maximum atomic E-state index is 12.3. The molecule has 0 aromatic carbocycles. The van der Waals surface area contributed by atoms with E-state index in [1.165, 1.54) is 0 Å². The molecule has 1 N–H and O–H groups in total. The van der Waals surface area contributed by atoms with Crippen molar-refractivity contribution in [2.24, 2.45) is 0 Å². The van der Waals surface area contributed by atoms with E-state index in [4.69, 9.17) is 0 Å². The lowest BCUT2D eigenvalue weighted by Gasteiger charge is -2.24. The van der Waals surface area contributed by atoms with Crippen LogP contribution >= 0.6 is 0 Å². The number of nitrogens with zero attached hydrogens (tertiary/aromatic N) is 3. The second-order valence-electron chi connectivity index (χ2n) is 4.75. The van der Waals surface area contributed by atoms with Crippen LogP contribution < -0.4 is 0 Å². The Bertz CT molecular complexity index is 538. The van der Waals surface area contributed by atoms with Crippen LogP contribution in [0.25, 0.3) is 0 Å². The van der Waals surface area contributed by atoms with Gasteiger partial charge in [0.2, 0.25) is 5.91 Å². The highest BCUT2D eigenvalue weighted by molar-refractivity contribution is 5.79. The third-order valence-corrected chi connectivity index (χ3v) is 3.50. The number of amides is 1. The van der Waals surface area contributed by atoms with Gasteiger partial charge in [0.15, 0.2) is 0 Å². The van der Waals surface area contributed by atoms with Gasteiger partial charge in [-0.3, -0.25) is 9.78 Å². The first-order chi connectivity index (χ1) is 9.34. The number of carbonyl (C=O) groups excluding carboxylic acids is 1. The van der Waals surface area contributed by atoms with Gasteiger partial charge in [0.25, 0.3) is 0 Å². The first-order valence-corrected chi connectivity index (χ1v) is 6.52. The van der Waals surface area contributed by atoms with Gasteiger partial charge in [0.1, 0.15) is 0 Å². The molecule has 2 aromatic rings. The van der Waals surface area contributed by atoms with Crippen LogP contribution in [0.4, 0.5) is 0 Å². The summed E-state index contributed by atoms with van der Waals surface area (Å²) >= 11 is 0. The van der Waals surface area contributed by atoms with Crippen molar-refractivity contribution < 1.29 is 4.79 Å². The minimum atomic E-state index is 0.122. The van der Waals surface area contributed by atoms with Gasteiger partial charge in [-0.2, -0.15) is 0 Å². The normalized spacial score (nSPS) is 18.7. The highest BCUT2D eigenvalue weighted by Crippen LogP contribution is 2.30. The fourth-order valence-corrected chi connectivity index (χ4v) is 2.59. The predicted octanol–water partition coefficient (Wildman–Crippen LogP) is 1.71. The predicted molar refractivity (Wildman–Crippen MR) is 70.2 cm³/mol. The minimum Gasteiger partial charge on any atom is -0.348 e. The summed E-state index contributed by atoms with van der Waals surface area (Å²) in [4.78, 5) is 25.6. The molecule has 0 aliphatic carbocycles. The Hall–Kier alpha value is -2.17.